The smallest absolute Gasteiger partial charge is 0.0445 e. The van der Waals surface area contributed by atoms with E-state index in [-0.39, 0.29) is 0 Å². The maximum Gasteiger partial charge on any atom is 0.0445 e. The molecule has 0 amide bonds. The maximum absolute atomic E-state index is 5.38. The highest BCUT2D eigenvalue weighted by molar-refractivity contribution is 7.97. The van der Waals surface area contributed by atoms with E-state index in [0.29, 0.717) is 0 Å². The molecule has 1 fully saturated rings. The van der Waals surface area contributed by atoms with Crippen molar-refractivity contribution in [2.75, 3.05) is 19.6 Å². The number of hydrogen-bond donors (Lipinski definition) is 1. The number of nitrogens with two attached hydrogens (primary N) is 1. The van der Waals surface area contributed by atoms with Gasteiger partial charge in [0.25, 0.3) is 0 Å². The van der Waals surface area contributed by atoms with E-state index in [1.165, 1.54) is 38.0 Å². The second-order valence-corrected chi connectivity index (χ2v) is 3.46. The van der Waals surface area contributed by atoms with Gasteiger partial charge in [-0.15, -0.1) is 0 Å². The van der Waals surface area contributed by atoms with Crippen LogP contribution < -0.4 is 5.14 Å². The highest BCUT2D eigenvalue weighted by Gasteiger charge is 2.24. The zero-order chi connectivity index (χ0) is 6.69. The second kappa shape index (κ2) is 3.44. The van der Waals surface area contributed by atoms with Crippen molar-refractivity contribution in [3.8, 4) is 0 Å². The van der Waals surface area contributed by atoms with Crippen LogP contribution in [0.4, 0.5) is 0 Å². The number of hydrogen-bond acceptors (Lipinski definition) is 3. The van der Waals surface area contributed by atoms with Gasteiger partial charge in [0.15, 0.2) is 0 Å². The van der Waals surface area contributed by atoms with Crippen LogP contribution in [0.1, 0.15) is 13.3 Å². The van der Waals surface area contributed by atoms with Gasteiger partial charge in [-0.25, -0.2) is 0 Å². The molecule has 0 aromatic carbocycles. The molecule has 0 bridgehead atoms. The predicted molar refractivity (Wildman–Crippen MR) is 42.3 cm³/mol. The minimum Gasteiger partial charge on any atom is -0.301 e. The summed E-state index contributed by atoms with van der Waals surface area (Å²) >= 11 is 1.50. The van der Waals surface area contributed by atoms with Gasteiger partial charge in [-0.3, -0.25) is 5.14 Å². The molecule has 0 atom stereocenters. The molecule has 9 heavy (non-hydrogen) atoms. The SMILES string of the molecule is CCCN1CC(SN)C1. The molecule has 0 unspecified atom stereocenters. The minimum absolute atomic E-state index is 0.719. The lowest BCUT2D eigenvalue weighted by Gasteiger charge is -2.37. The Hall–Kier alpha value is 0.270. The lowest BCUT2D eigenvalue weighted by molar-refractivity contribution is 0.191. The van der Waals surface area contributed by atoms with Crippen molar-refractivity contribution in [1.82, 2.24) is 4.90 Å². The van der Waals surface area contributed by atoms with Gasteiger partial charge in [0.1, 0.15) is 0 Å². The summed E-state index contributed by atoms with van der Waals surface area (Å²) in [6.45, 7) is 5.87. The van der Waals surface area contributed by atoms with Crippen molar-refractivity contribution in [1.29, 1.82) is 0 Å². The zero-order valence-electron chi connectivity index (χ0n) is 5.84. The summed E-state index contributed by atoms with van der Waals surface area (Å²) in [5.74, 6) is 0. The van der Waals surface area contributed by atoms with Crippen LogP contribution in [0, 0.1) is 0 Å². The Balaban J connectivity index is 1.98. The van der Waals surface area contributed by atoms with Crippen molar-refractivity contribution in [2.45, 2.75) is 18.6 Å². The Kier molecular flexibility index (Phi) is 2.82. The van der Waals surface area contributed by atoms with Crippen LogP contribution in [0.25, 0.3) is 0 Å². The summed E-state index contributed by atoms with van der Waals surface area (Å²) in [5, 5.41) is 6.10. The van der Waals surface area contributed by atoms with Gasteiger partial charge in [-0.1, -0.05) is 18.9 Å². The van der Waals surface area contributed by atoms with Crippen molar-refractivity contribution >= 4 is 11.9 Å². The summed E-state index contributed by atoms with van der Waals surface area (Å²) < 4.78 is 0. The molecule has 2 nitrogen and oxygen atoms in total. The number of rotatable bonds is 3. The fraction of sp³-hybridized carbons (Fsp3) is 1.00. The van der Waals surface area contributed by atoms with E-state index >= 15 is 0 Å². The van der Waals surface area contributed by atoms with E-state index in [9.17, 15) is 0 Å². The van der Waals surface area contributed by atoms with E-state index in [2.05, 4.69) is 11.8 Å². The maximum atomic E-state index is 5.38. The fourth-order valence-corrected chi connectivity index (χ4v) is 1.70. The van der Waals surface area contributed by atoms with E-state index in [4.69, 9.17) is 5.14 Å². The molecular weight excluding hydrogens is 132 g/mol. The molecule has 1 aliphatic heterocycles. The van der Waals surface area contributed by atoms with Crippen LogP contribution >= 0.6 is 11.9 Å². The first-order valence-corrected chi connectivity index (χ1v) is 4.39. The number of nitrogens with zero attached hydrogens (tertiary/aromatic N) is 1. The summed E-state index contributed by atoms with van der Waals surface area (Å²) in [4.78, 5) is 2.44. The van der Waals surface area contributed by atoms with E-state index in [1.54, 1.807) is 0 Å². The molecule has 1 heterocycles. The fourth-order valence-electron chi connectivity index (χ4n) is 1.11. The van der Waals surface area contributed by atoms with E-state index < -0.39 is 0 Å². The van der Waals surface area contributed by atoms with Gasteiger partial charge >= 0.3 is 0 Å². The van der Waals surface area contributed by atoms with Crippen LogP contribution in [0.2, 0.25) is 0 Å². The third kappa shape index (κ3) is 1.85. The molecule has 0 aliphatic carbocycles. The first-order valence-electron chi connectivity index (χ1n) is 3.44. The molecular formula is C6H14N2S. The number of likely N-dealkylation sites (tertiary alicyclic amines) is 1. The van der Waals surface area contributed by atoms with Crippen LogP contribution in [0.3, 0.4) is 0 Å². The van der Waals surface area contributed by atoms with Crippen molar-refractivity contribution in [3.63, 3.8) is 0 Å². The molecule has 54 valence electrons. The average molecular weight is 146 g/mol. The third-order valence-electron chi connectivity index (χ3n) is 1.66. The van der Waals surface area contributed by atoms with Crippen molar-refractivity contribution in [3.05, 3.63) is 0 Å². The molecule has 1 aliphatic rings. The summed E-state index contributed by atoms with van der Waals surface area (Å²) in [7, 11) is 0. The van der Waals surface area contributed by atoms with Crippen LogP contribution in [-0.2, 0) is 0 Å². The molecule has 1 saturated heterocycles. The predicted octanol–water partition coefficient (Wildman–Crippen LogP) is 0.688. The van der Waals surface area contributed by atoms with Gasteiger partial charge in [0.05, 0.1) is 0 Å². The first kappa shape index (κ1) is 7.38. The van der Waals surface area contributed by atoms with E-state index in [0.717, 1.165) is 5.25 Å². The topological polar surface area (TPSA) is 29.3 Å². The quantitative estimate of drug-likeness (QED) is 0.594. The summed E-state index contributed by atoms with van der Waals surface area (Å²) in [5.41, 5.74) is 0. The Labute approximate surface area is 60.9 Å². The zero-order valence-corrected chi connectivity index (χ0v) is 6.66. The minimum atomic E-state index is 0.719. The van der Waals surface area contributed by atoms with Crippen LogP contribution in [-0.4, -0.2) is 29.8 Å². The summed E-state index contributed by atoms with van der Waals surface area (Å²) in [6.07, 6.45) is 1.27. The van der Waals surface area contributed by atoms with Gasteiger partial charge in [0, 0.05) is 18.3 Å². The van der Waals surface area contributed by atoms with E-state index in [1.807, 2.05) is 0 Å². The molecule has 0 aromatic rings. The molecule has 1 rings (SSSR count). The molecule has 0 spiro atoms. The molecule has 0 aromatic heterocycles. The lowest BCUT2D eigenvalue weighted by Crippen LogP contribution is -2.49. The highest BCUT2D eigenvalue weighted by atomic mass is 32.2. The monoisotopic (exact) mass is 146 g/mol. The second-order valence-electron chi connectivity index (χ2n) is 2.52. The highest BCUT2D eigenvalue weighted by Crippen LogP contribution is 2.16. The van der Waals surface area contributed by atoms with Crippen LogP contribution in [0.5, 0.6) is 0 Å². The van der Waals surface area contributed by atoms with Gasteiger partial charge in [-0.05, 0) is 13.0 Å². The molecule has 2 N–H and O–H groups in total. The summed E-state index contributed by atoms with van der Waals surface area (Å²) in [6, 6.07) is 0. The average Bonchev–Trinajstić information content (AvgIpc) is 1.77. The largest absolute Gasteiger partial charge is 0.301 e. The Morgan fingerprint density at radius 2 is 2.33 bits per heavy atom. The van der Waals surface area contributed by atoms with Gasteiger partial charge in [-0.2, -0.15) is 0 Å². The molecule has 0 radical (unpaired) electrons. The van der Waals surface area contributed by atoms with Gasteiger partial charge < -0.3 is 4.90 Å². The molecule has 0 saturated carbocycles. The Morgan fingerprint density at radius 3 is 2.78 bits per heavy atom. The Morgan fingerprint density at radius 1 is 1.67 bits per heavy atom. The van der Waals surface area contributed by atoms with Crippen molar-refractivity contribution < 1.29 is 0 Å². The van der Waals surface area contributed by atoms with Crippen LogP contribution in [0.15, 0.2) is 0 Å². The first-order chi connectivity index (χ1) is 4.36. The van der Waals surface area contributed by atoms with Crippen molar-refractivity contribution in [2.24, 2.45) is 5.14 Å². The van der Waals surface area contributed by atoms with Gasteiger partial charge in [0.2, 0.25) is 0 Å². The Bertz CT molecular complexity index is 81.1. The normalized spacial score (nSPS) is 22.0. The molecule has 3 heteroatoms. The third-order valence-corrected chi connectivity index (χ3v) is 2.34. The lowest BCUT2D eigenvalue weighted by atomic mass is 10.2. The standard InChI is InChI=1S/C6H14N2S/c1-2-3-8-4-6(5-8)9-7/h6H,2-5,7H2,1H3.